The molecule has 2 aliphatic carbocycles. The number of nitrogens with zero attached hydrogens (tertiary/aromatic N) is 1. The molecular weight excluding hydrogens is 292 g/mol. The van der Waals surface area contributed by atoms with Crippen LogP contribution in [0, 0.1) is 6.92 Å². The van der Waals surface area contributed by atoms with Gasteiger partial charge in [0.1, 0.15) is 5.01 Å². The largest absolute Gasteiger partial charge is 0.351 e. The third-order valence-electron chi connectivity index (χ3n) is 4.80. The zero-order valence-electron chi connectivity index (χ0n) is 12.8. The molecule has 0 spiro atoms. The summed E-state index contributed by atoms with van der Waals surface area (Å²) in [4.78, 5) is 17.2. The van der Waals surface area contributed by atoms with Crippen molar-refractivity contribution in [1.82, 2.24) is 10.3 Å². The zero-order chi connectivity index (χ0) is 15.2. The molecule has 0 bridgehead atoms. The van der Waals surface area contributed by atoms with Gasteiger partial charge < -0.3 is 5.32 Å². The SMILES string of the molecule is Cc1ccccc1C(=O)NCC1(c2nc(C3CC3)cs2)CC1. The number of rotatable bonds is 5. The Balaban J connectivity index is 1.44. The molecule has 2 aromatic rings. The quantitative estimate of drug-likeness (QED) is 0.912. The standard InChI is InChI=1S/C18H20N2OS/c1-12-4-2-3-5-14(12)16(21)19-11-18(8-9-18)17-20-15(10-22-17)13-6-7-13/h2-5,10,13H,6-9,11H2,1H3,(H,19,21). The van der Waals surface area contributed by atoms with E-state index in [4.69, 9.17) is 4.98 Å². The number of benzene rings is 1. The van der Waals surface area contributed by atoms with E-state index in [2.05, 4.69) is 10.7 Å². The molecular formula is C18H20N2OS. The van der Waals surface area contributed by atoms with Gasteiger partial charge in [0, 0.05) is 28.8 Å². The van der Waals surface area contributed by atoms with Gasteiger partial charge in [0.05, 0.1) is 5.69 Å². The molecule has 1 heterocycles. The van der Waals surface area contributed by atoms with Crippen LogP contribution in [-0.2, 0) is 5.41 Å². The second-order valence-corrected chi connectivity index (χ2v) is 7.49. The van der Waals surface area contributed by atoms with E-state index in [-0.39, 0.29) is 11.3 Å². The number of hydrogen-bond donors (Lipinski definition) is 1. The van der Waals surface area contributed by atoms with Crippen LogP contribution < -0.4 is 5.32 Å². The Morgan fingerprint density at radius 3 is 2.82 bits per heavy atom. The summed E-state index contributed by atoms with van der Waals surface area (Å²) in [6.45, 7) is 2.68. The number of nitrogens with one attached hydrogen (secondary N) is 1. The third-order valence-corrected chi connectivity index (χ3v) is 5.91. The highest BCUT2D eigenvalue weighted by Crippen LogP contribution is 2.50. The van der Waals surface area contributed by atoms with Crippen LogP contribution in [0.2, 0.25) is 0 Å². The van der Waals surface area contributed by atoms with Gasteiger partial charge in [0.2, 0.25) is 0 Å². The van der Waals surface area contributed by atoms with Gasteiger partial charge in [0.15, 0.2) is 0 Å². The Morgan fingerprint density at radius 1 is 1.36 bits per heavy atom. The zero-order valence-corrected chi connectivity index (χ0v) is 13.6. The lowest BCUT2D eigenvalue weighted by atomic mass is 10.1. The van der Waals surface area contributed by atoms with Crippen molar-refractivity contribution >= 4 is 17.2 Å². The van der Waals surface area contributed by atoms with Crippen molar-refractivity contribution in [2.75, 3.05) is 6.54 Å². The number of hydrogen-bond acceptors (Lipinski definition) is 3. The maximum Gasteiger partial charge on any atom is 0.251 e. The van der Waals surface area contributed by atoms with E-state index < -0.39 is 0 Å². The highest BCUT2D eigenvalue weighted by Gasteiger charge is 2.47. The summed E-state index contributed by atoms with van der Waals surface area (Å²) >= 11 is 1.78. The lowest BCUT2D eigenvalue weighted by molar-refractivity contribution is 0.0949. The predicted molar refractivity (Wildman–Crippen MR) is 88.5 cm³/mol. The summed E-state index contributed by atoms with van der Waals surface area (Å²) in [6, 6.07) is 7.74. The maximum atomic E-state index is 12.4. The van der Waals surface area contributed by atoms with E-state index in [1.54, 1.807) is 11.3 Å². The second-order valence-electron chi connectivity index (χ2n) is 6.63. The second kappa shape index (κ2) is 5.20. The topological polar surface area (TPSA) is 42.0 Å². The van der Waals surface area contributed by atoms with Crippen molar-refractivity contribution in [2.24, 2.45) is 0 Å². The monoisotopic (exact) mass is 312 g/mol. The number of carbonyl (C=O) groups excluding carboxylic acids is 1. The van der Waals surface area contributed by atoms with Crippen molar-refractivity contribution in [3.63, 3.8) is 0 Å². The Hall–Kier alpha value is -1.68. The van der Waals surface area contributed by atoms with Crippen molar-refractivity contribution in [1.29, 1.82) is 0 Å². The molecule has 0 saturated heterocycles. The lowest BCUT2D eigenvalue weighted by Gasteiger charge is -2.14. The van der Waals surface area contributed by atoms with E-state index in [9.17, 15) is 4.79 Å². The molecule has 0 aliphatic heterocycles. The van der Waals surface area contributed by atoms with E-state index in [1.807, 2.05) is 31.2 Å². The molecule has 3 nitrogen and oxygen atoms in total. The van der Waals surface area contributed by atoms with Gasteiger partial charge in [-0.15, -0.1) is 11.3 Å². The first kappa shape index (κ1) is 13.9. The molecule has 22 heavy (non-hydrogen) atoms. The van der Waals surface area contributed by atoms with Gasteiger partial charge in [-0.1, -0.05) is 18.2 Å². The molecule has 2 aliphatic rings. The summed E-state index contributed by atoms with van der Waals surface area (Å²) in [5, 5.41) is 6.56. The molecule has 4 rings (SSSR count). The predicted octanol–water partition coefficient (Wildman–Crippen LogP) is 3.79. The summed E-state index contributed by atoms with van der Waals surface area (Å²) in [5.74, 6) is 0.741. The Morgan fingerprint density at radius 2 is 2.14 bits per heavy atom. The highest BCUT2D eigenvalue weighted by atomic mass is 32.1. The van der Waals surface area contributed by atoms with Crippen molar-refractivity contribution in [2.45, 2.75) is 43.9 Å². The minimum Gasteiger partial charge on any atom is -0.351 e. The maximum absolute atomic E-state index is 12.4. The van der Waals surface area contributed by atoms with Crippen molar-refractivity contribution < 1.29 is 4.79 Å². The fraction of sp³-hybridized carbons (Fsp3) is 0.444. The first-order valence-corrected chi connectivity index (χ1v) is 8.86. The van der Waals surface area contributed by atoms with Gasteiger partial charge in [-0.25, -0.2) is 4.98 Å². The Labute approximate surface area is 134 Å². The van der Waals surface area contributed by atoms with Gasteiger partial charge in [-0.3, -0.25) is 4.79 Å². The number of thiazole rings is 1. The minimum absolute atomic E-state index is 0.0309. The Bertz CT molecular complexity index is 713. The fourth-order valence-corrected chi connectivity index (χ4v) is 4.05. The van der Waals surface area contributed by atoms with Crippen molar-refractivity contribution in [3.8, 4) is 0 Å². The fourth-order valence-electron chi connectivity index (χ4n) is 2.89. The summed E-state index contributed by atoms with van der Waals surface area (Å²) in [6.07, 6.45) is 4.86. The molecule has 2 fully saturated rings. The van der Waals surface area contributed by atoms with Gasteiger partial charge in [0.25, 0.3) is 5.91 Å². The molecule has 1 N–H and O–H groups in total. The molecule has 114 valence electrons. The number of carbonyl (C=O) groups is 1. The van der Waals surface area contributed by atoms with E-state index in [0.29, 0.717) is 12.5 Å². The summed E-state index contributed by atoms with van der Waals surface area (Å²) < 4.78 is 0. The van der Waals surface area contributed by atoms with Gasteiger partial charge in [-0.05, 0) is 44.2 Å². The molecule has 0 radical (unpaired) electrons. The van der Waals surface area contributed by atoms with E-state index in [1.165, 1.54) is 23.5 Å². The first-order valence-electron chi connectivity index (χ1n) is 7.98. The molecule has 0 unspecified atom stereocenters. The molecule has 1 aromatic carbocycles. The number of aromatic nitrogens is 1. The molecule has 1 aromatic heterocycles. The van der Waals surface area contributed by atoms with Crippen LogP contribution in [0.3, 0.4) is 0 Å². The van der Waals surface area contributed by atoms with Crippen LogP contribution in [0.1, 0.15) is 58.2 Å². The average Bonchev–Trinajstić information content (AvgIpc) is 3.46. The normalized spacial score (nSPS) is 19.0. The van der Waals surface area contributed by atoms with Gasteiger partial charge in [-0.2, -0.15) is 0 Å². The number of aryl methyl sites for hydroxylation is 1. The van der Waals surface area contributed by atoms with Gasteiger partial charge >= 0.3 is 0 Å². The molecule has 0 atom stereocenters. The lowest BCUT2D eigenvalue weighted by Crippen LogP contribution is -2.32. The van der Waals surface area contributed by atoms with Crippen LogP contribution in [-0.4, -0.2) is 17.4 Å². The van der Waals surface area contributed by atoms with Crippen LogP contribution in [0.25, 0.3) is 0 Å². The summed E-state index contributed by atoms with van der Waals surface area (Å²) in [5.41, 5.74) is 3.18. The Kier molecular flexibility index (Phi) is 3.30. The molecule has 2 saturated carbocycles. The van der Waals surface area contributed by atoms with E-state index in [0.717, 1.165) is 24.0 Å². The van der Waals surface area contributed by atoms with Crippen molar-refractivity contribution in [3.05, 3.63) is 51.5 Å². The summed E-state index contributed by atoms with van der Waals surface area (Å²) in [7, 11) is 0. The van der Waals surface area contributed by atoms with Crippen LogP contribution in [0.15, 0.2) is 29.6 Å². The molecule has 1 amide bonds. The minimum atomic E-state index is 0.0309. The smallest absolute Gasteiger partial charge is 0.251 e. The average molecular weight is 312 g/mol. The van der Waals surface area contributed by atoms with Crippen LogP contribution in [0.4, 0.5) is 0 Å². The van der Waals surface area contributed by atoms with E-state index >= 15 is 0 Å². The number of amides is 1. The van der Waals surface area contributed by atoms with Crippen LogP contribution >= 0.6 is 11.3 Å². The first-order chi connectivity index (χ1) is 10.7. The van der Waals surface area contributed by atoms with Crippen LogP contribution in [0.5, 0.6) is 0 Å². The highest BCUT2D eigenvalue weighted by molar-refractivity contribution is 7.09. The molecule has 4 heteroatoms. The third kappa shape index (κ3) is 2.56.